The number of phenolic OH excluding ortho intramolecular Hbond substituents is 1. The Morgan fingerprint density at radius 3 is 2.24 bits per heavy atom. The van der Waals surface area contributed by atoms with Crippen molar-refractivity contribution in [1.29, 1.82) is 0 Å². The molecule has 138 valence electrons. The second-order valence-electron chi connectivity index (χ2n) is 6.11. The van der Waals surface area contributed by atoms with Crippen LogP contribution in [0.25, 0.3) is 0 Å². The van der Waals surface area contributed by atoms with E-state index in [1.54, 1.807) is 18.3 Å². The number of carbonyl (C=O) groups excluding carboxylic acids is 1. The number of aryl methyl sites for hydroxylation is 2. The molecular formula is C20H29ClN2O2. The maximum Gasteiger partial charge on any atom is 0.221 e. The van der Waals surface area contributed by atoms with Gasteiger partial charge in [-0.05, 0) is 49.1 Å². The summed E-state index contributed by atoms with van der Waals surface area (Å²) in [6, 6.07) is 8.89. The number of phenols is 1. The molecule has 0 atom stereocenters. The van der Waals surface area contributed by atoms with Crippen molar-refractivity contribution in [2.75, 3.05) is 5.32 Å². The van der Waals surface area contributed by atoms with Crippen LogP contribution in [0, 0.1) is 19.8 Å². The van der Waals surface area contributed by atoms with E-state index in [0.29, 0.717) is 10.8 Å². The summed E-state index contributed by atoms with van der Waals surface area (Å²) in [7, 11) is 0. The van der Waals surface area contributed by atoms with Crippen LogP contribution in [0.15, 0.2) is 36.5 Å². The van der Waals surface area contributed by atoms with E-state index < -0.39 is 0 Å². The molecule has 0 saturated carbocycles. The van der Waals surface area contributed by atoms with Gasteiger partial charge in [-0.25, -0.2) is 4.98 Å². The number of rotatable bonds is 2. The van der Waals surface area contributed by atoms with E-state index in [-0.39, 0.29) is 11.7 Å². The standard InChI is InChI=1S/C9H11NO2.C6H6ClN.C5H12/c1-6-3-4-8(9(12)5-6)10-7(2)11;1-5-3-2-4-8-6(5)7;1-4-5(2)3/h3-5,12H,1-2H3,(H,10,11);2-4H,1H3;5H,4H2,1-3H3. The predicted octanol–water partition coefficient (Wildman–Crippen LogP) is 5.75. The lowest BCUT2D eigenvalue weighted by molar-refractivity contribution is -0.114. The van der Waals surface area contributed by atoms with Gasteiger partial charge < -0.3 is 10.4 Å². The summed E-state index contributed by atoms with van der Waals surface area (Å²) in [6.45, 7) is 11.8. The molecule has 25 heavy (non-hydrogen) atoms. The summed E-state index contributed by atoms with van der Waals surface area (Å²) in [6.07, 6.45) is 2.98. The molecule has 0 spiro atoms. The van der Waals surface area contributed by atoms with Crippen LogP contribution in [-0.2, 0) is 4.79 Å². The zero-order chi connectivity index (χ0) is 19.4. The molecule has 1 heterocycles. The van der Waals surface area contributed by atoms with Gasteiger partial charge in [0.25, 0.3) is 0 Å². The van der Waals surface area contributed by atoms with Crippen LogP contribution in [0.2, 0.25) is 5.15 Å². The van der Waals surface area contributed by atoms with Crippen LogP contribution in [0.1, 0.15) is 45.2 Å². The van der Waals surface area contributed by atoms with E-state index >= 15 is 0 Å². The Bertz CT molecular complexity index is 637. The summed E-state index contributed by atoms with van der Waals surface area (Å²) in [4.78, 5) is 14.5. The summed E-state index contributed by atoms with van der Waals surface area (Å²) >= 11 is 5.60. The minimum atomic E-state index is -0.186. The molecule has 0 unspecified atom stereocenters. The highest BCUT2D eigenvalue weighted by Gasteiger charge is 2.01. The van der Waals surface area contributed by atoms with E-state index in [2.05, 4.69) is 31.1 Å². The largest absolute Gasteiger partial charge is 0.506 e. The number of pyridine rings is 1. The van der Waals surface area contributed by atoms with E-state index in [9.17, 15) is 9.90 Å². The van der Waals surface area contributed by atoms with E-state index in [1.165, 1.54) is 13.3 Å². The number of nitrogens with one attached hydrogen (secondary N) is 1. The van der Waals surface area contributed by atoms with Gasteiger partial charge >= 0.3 is 0 Å². The van der Waals surface area contributed by atoms with Gasteiger partial charge in [0.1, 0.15) is 10.9 Å². The lowest BCUT2D eigenvalue weighted by Crippen LogP contribution is -2.05. The van der Waals surface area contributed by atoms with Crippen LogP contribution in [0.3, 0.4) is 0 Å². The highest BCUT2D eigenvalue weighted by atomic mass is 35.5. The molecule has 1 aromatic carbocycles. The van der Waals surface area contributed by atoms with Crippen LogP contribution < -0.4 is 5.32 Å². The van der Waals surface area contributed by atoms with Crippen molar-refractivity contribution in [3.8, 4) is 5.75 Å². The Labute approximate surface area is 156 Å². The lowest BCUT2D eigenvalue weighted by atomic mass is 10.2. The quantitative estimate of drug-likeness (QED) is 0.526. The van der Waals surface area contributed by atoms with Crippen LogP contribution in [0.5, 0.6) is 5.75 Å². The first kappa shape index (κ1) is 22.9. The van der Waals surface area contributed by atoms with Crippen molar-refractivity contribution < 1.29 is 9.90 Å². The minimum Gasteiger partial charge on any atom is -0.506 e. The molecule has 5 heteroatoms. The van der Waals surface area contributed by atoms with Gasteiger partial charge in [0, 0.05) is 13.1 Å². The molecule has 1 amide bonds. The average Bonchev–Trinajstić information content (AvgIpc) is 2.54. The zero-order valence-electron chi connectivity index (χ0n) is 15.9. The second kappa shape index (κ2) is 12.3. The van der Waals surface area contributed by atoms with E-state index in [4.69, 9.17) is 11.6 Å². The van der Waals surface area contributed by atoms with Gasteiger partial charge in [0.2, 0.25) is 5.91 Å². The number of hydrogen-bond acceptors (Lipinski definition) is 3. The first-order valence-corrected chi connectivity index (χ1v) is 8.69. The number of anilines is 1. The lowest BCUT2D eigenvalue weighted by Gasteiger charge is -2.04. The molecule has 4 nitrogen and oxygen atoms in total. The van der Waals surface area contributed by atoms with Crippen molar-refractivity contribution in [1.82, 2.24) is 4.98 Å². The van der Waals surface area contributed by atoms with Gasteiger partial charge in [0.15, 0.2) is 0 Å². The maximum absolute atomic E-state index is 10.6. The van der Waals surface area contributed by atoms with Crippen LogP contribution in [0.4, 0.5) is 5.69 Å². The van der Waals surface area contributed by atoms with Crippen molar-refractivity contribution in [2.24, 2.45) is 5.92 Å². The predicted molar refractivity (Wildman–Crippen MR) is 106 cm³/mol. The molecule has 0 saturated heterocycles. The van der Waals surface area contributed by atoms with Gasteiger partial charge in [-0.2, -0.15) is 0 Å². The second-order valence-corrected chi connectivity index (χ2v) is 6.47. The van der Waals surface area contributed by atoms with Crippen molar-refractivity contribution in [2.45, 2.75) is 48.0 Å². The molecular weight excluding hydrogens is 336 g/mol. The molecule has 2 rings (SSSR count). The summed E-state index contributed by atoms with van der Waals surface area (Å²) in [5.74, 6) is 0.800. The van der Waals surface area contributed by atoms with E-state index in [0.717, 1.165) is 17.0 Å². The summed E-state index contributed by atoms with van der Waals surface area (Å²) in [5, 5.41) is 12.4. The fourth-order valence-corrected chi connectivity index (χ4v) is 1.52. The SMILES string of the molecule is CC(=O)Nc1ccc(C)cc1O.CCC(C)C.Cc1cccnc1Cl. The number of amides is 1. The molecule has 0 aliphatic heterocycles. The monoisotopic (exact) mass is 364 g/mol. The Morgan fingerprint density at radius 2 is 1.88 bits per heavy atom. The van der Waals surface area contributed by atoms with E-state index in [1.807, 2.05) is 32.0 Å². The Balaban J connectivity index is 0.000000382. The minimum absolute atomic E-state index is 0.102. The number of nitrogens with zero attached hydrogens (tertiary/aromatic N) is 1. The molecule has 0 fully saturated rings. The third kappa shape index (κ3) is 11.2. The molecule has 2 aromatic rings. The van der Waals surface area contributed by atoms with Gasteiger partial charge in [-0.15, -0.1) is 0 Å². The summed E-state index contributed by atoms with van der Waals surface area (Å²) in [5.41, 5.74) is 2.43. The average molecular weight is 365 g/mol. The molecule has 0 aliphatic rings. The number of aromatic nitrogens is 1. The molecule has 1 aromatic heterocycles. The number of benzene rings is 1. The number of carbonyl (C=O) groups is 1. The molecule has 2 N–H and O–H groups in total. The molecule has 0 radical (unpaired) electrons. The van der Waals surface area contributed by atoms with Crippen LogP contribution >= 0.6 is 11.6 Å². The number of aromatic hydroxyl groups is 1. The Morgan fingerprint density at radius 1 is 1.28 bits per heavy atom. The third-order valence-corrected chi connectivity index (χ3v) is 3.62. The maximum atomic E-state index is 10.6. The normalized spacial score (nSPS) is 9.44. The van der Waals surface area contributed by atoms with Crippen molar-refractivity contribution in [3.05, 3.63) is 52.8 Å². The molecule has 0 aliphatic carbocycles. The highest BCUT2D eigenvalue weighted by molar-refractivity contribution is 6.30. The smallest absolute Gasteiger partial charge is 0.221 e. The Hall–Kier alpha value is -2.07. The third-order valence-electron chi connectivity index (χ3n) is 3.23. The highest BCUT2D eigenvalue weighted by Crippen LogP contribution is 2.23. The first-order valence-electron chi connectivity index (χ1n) is 8.31. The topological polar surface area (TPSA) is 62.2 Å². The number of halogens is 1. The van der Waals surface area contributed by atoms with Crippen molar-refractivity contribution >= 4 is 23.2 Å². The van der Waals surface area contributed by atoms with Gasteiger partial charge in [-0.1, -0.05) is 50.9 Å². The van der Waals surface area contributed by atoms with Crippen molar-refractivity contribution in [3.63, 3.8) is 0 Å². The number of hydrogen-bond donors (Lipinski definition) is 2. The Kier molecular flexibility index (Phi) is 11.3. The fourth-order valence-electron chi connectivity index (χ4n) is 1.40. The van der Waals surface area contributed by atoms with Crippen LogP contribution in [-0.4, -0.2) is 16.0 Å². The van der Waals surface area contributed by atoms with Gasteiger partial charge in [0.05, 0.1) is 5.69 Å². The summed E-state index contributed by atoms with van der Waals surface area (Å²) < 4.78 is 0. The fraction of sp³-hybridized carbons (Fsp3) is 0.400. The zero-order valence-corrected chi connectivity index (χ0v) is 16.7. The van der Waals surface area contributed by atoms with Gasteiger partial charge in [-0.3, -0.25) is 4.79 Å². The first-order chi connectivity index (χ1) is 11.7. The molecule has 0 bridgehead atoms.